The van der Waals surface area contributed by atoms with Crippen LogP contribution < -0.4 is 10.2 Å². The largest absolute Gasteiger partial charge is 0.444 e. The summed E-state index contributed by atoms with van der Waals surface area (Å²) in [6.07, 6.45) is 2.30. The van der Waals surface area contributed by atoms with E-state index in [4.69, 9.17) is 4.42 Å². The number of carbonyl (C=O) groups excluding carboxylic acids is 1. The number of nitrogens with one attached hydrogen (secondary N) is 1. The molecule has 0 saturated heterocycles. The van der Waals surface area contributed by atoms with Gasteiger partial charge in [0.1, 0.15) is 0 Å². The molecule has 2 aromatic rings. The molecule has 0 fully saturated rings. The number of aryl methyl sites for hydroxylation is 1. The second-order valence-electron chi connectivity index (χ2n) is 6.71. The van der Waals surface area contributed by atoms with Gasteiger partial charge < -0.3 is 19.5 Å². The quantitative estimate of drug-likeness (QED) is 0.827. The Morgan fingerprint density at radius 2 is 2.16 bits per heavy atom. The van der Waals surface area contributed by atoms with E-state index in [1.165, 1.54) is 23.2 Å². The number of furan rings is 1. The van der Waals surface area contributed by atoms with E-state index in [0.29, 0.717) is 17.0 Å². The van der Waals surface area contributed by atoms with E-state index >= 15 is 0 Å². The molecule has 1 amide bonds. The van der Waals surface area contributed by atoms with Gasteiger partial charge in [-0.3, -0.25) is 4.79 Å². The van der Waals surface area contributed by atoms with Crippen LogP contribution >= 0.6 is 15.9 Å². The number of carbonyl (C=O) groups is 1. The maximum atomic E-state index is 12.2. The second kappa shape index (κ2) is 7.62. The lowest BCUT2D eigenvalue weighted by atomic mass is 9.96. The van der Waals surface area contributed by atoms with Gasteiger partial charge in [0, 0.05) is 25.8 Å². The molecule has 0 radical (unpaired) electrons. The van der Waals surface area contributed by atoms with Gasteiger partial charge in [0.15, 0.2) is 10.4 Å². The topological polar surface area (TPSA) is 48.7 Å². The van der Waals surface area contributed by atoms with Crippen molar-refractivity contribution in [1.82, 2.24) is 10.2 Å². The van der Waals surface area contributed by atoms with Crippen molar-refractivity contribution >= 4 is 27.5 Å². The molecule has 25 heavy (non-hydrogen) atoms. The summed E-state index contributed by atoms with van der Waals surface area (Å²) in [7, 11) is 6.21. The minimum absolute atomic E-state index is 0.111. The van der Waals surface area contributed by atoms with Gasteiger partial charge in [-0.25, -0.2) is 0 Å². The Kier molecular flexibility index (Phi) is 5.49. The van der Waals surface area contributed by atoms with E-state index in [9.17, 15) is 4.79 Å². The van der Waals surface area contributed by atoms with Crippen molar-refractivity contribution in [2.24, 2.45) is 0 Å². The van der Waals surface area contributed by atoms with Crippen LogP contribution in [0.2, 0.25) is 0 Å². The lowest BCUT2D eigenvalue weighted by molar-refractivity contribution is 0.0913. The Hall–Kier alpha value is -1.79. The first-order valence-corrected chi connectivity index (χ1v) is 9.29. The Morgan fingerprint density at radius 1 is 1.36 bits per heavy atom. The highest BCUT2D eigenvalue weighted by Gasteiger charge is 2.20. The standard InChI is InChI=1S/C19H24BrN3O2/c1-22(2)16(12-21-19(24)17-8-9-18(20)25-17)14-6-7-15-13(11-14)5-4-10-23(15)3/h6-9,11,16H,4-5,10,12H2,1-3H3,(H,21,24)/t16-/m1/s1. The zero-order valence-corrected chi connectivity index (χ0v) is 16.5. The molecule has 1 aliphatic heterocycles. The number of hydrogen-bond acceptors (Lipinski definition) is 4. The van der Waals surface area contributed by atoms with Crippen molar-refractivity contribution in [3.63, 3.8) is 0 Å². The van der Waals surface area contributed by atoms with Crippen LogP contribution in [0.1, 0.15) is 34.1 Å². The second-order valence-corrected chi connectivity index (χ2v) is 7.49. The molecule has 0 unspecified atom stereocenters. The maximum Gasteiger partial charge on any atom is 0.287 e. The first-order chi connectivity index (χ1) is 12.0. The fourth-order valence-electron chi connectivity index (χ4n) is 3.32. The summed E-state index contributed by atoms with van der Waals surface area (Å²) >= 11 is 3.22. The predicted molar refractivity (Wildman–Crippen MR) is 103 cm³/mol. The minimum Gasteiger partial charge on any atom is -0.444 e. The molecule has 1 aromatic carbocycles. The Balaban J connectivity index is 1.74. The third-order valence-corrected chi connectivity index (χ3v) is 5.14. The van der Waals surface area contributed by atoms with Crippen molar-refractivity contribution < 1.29 is 9.21 Å². The third kappa shape index (κ3) is 4.07. The molecule has 1 N–H and O–H groups in total. The number of hydrogen-bond donors (Lipinski definition) is 1. The van der Waals surface area contributed by atoms with Crippen molar-refractivity contribution in [2.45, 2.75) is 18.9 Å². The number of fused-ring (bicyclic) bond motifs is 1. The zero-order chi connectivity index (χ0) is 18.0. The van der Waals surface area contributed by atoms with E-state index < -0.39 is 0 Å². The average Bonchev–Trinajstić information content (AvgIpc) is 3.01. The number of benzene rings is 1. The van der Waals surface area contributed by atoms with Crippen LogP contribution in [0.4, 0.5) is 5.69 Å². The molecule has 0 spiro atoms. The number of anilines is 1. The monoisotopic (exact) mass is 405 g/mol. The van der Waals surface area contributed by atoms with Crippen LogP contribution in [0.3, 0.4) is 0 Å². The van der Waals surface area contributed by atoms with Gasteiger partial charge in [-0.1, -0.05) is 12.1 Å². The molecular weight excluding hydrogens is 382 g/mol. The van der Waals surface area contributed by atoms with E-state index in [1.807, 2.05) is 14.1 Å². The molecule has 5 nitrogen and oxygen atoms in total. The maximum absolute atomic E-state index is 12.2. The molecule has 6 heteroatoms. The SMILES string of the molecule is CN1CCCc2cc([C@@H](CNC(=O)c3ccc(Br)o3)N(C)C)ccc21. The fraction of sp³-hybridized carbons (Fsp3) is 0.421. The van der Waals surface area contributed by atoms with Gasteiger partial charge in [-0.2, -0.15) is 0 Å². The average molecular weight is 406 g/mol. The molecule has 0 aliphatic carbocycles. The first-order valence-electron chi connectivity index (χ1n) is 8.49. The summed E-state index contributed by atoms with van der Waals surface area (Å²) in [5, 5.41) is 2.98. The highest BCUT2D eigenvalue weighted by atomic mass is 79.9. The van der Waals surface area contributed by atoms with Gasteiger partial charge in [-0.15, -0.1) is 0 Å². The molecule has 0 bridgehead atoms. The van der Waals surface area contributed by atoms with Crippen molar-refractivity contribution in [3.8, 4) is 0 Å². The Morgan fingerprint density at radius 3 is 2.84 bits per heavy atom. The van der Waals surface area contributed by atoms with Crippen LogP contribution in [0.15, 0.2) is 39.4 Å². The highest BCUT2D eigenvalue weighted by molar-refractivity contribution is 9.10. The number of halogens is 1. The van der Waals surface area contributed by atoms with E-state index in [0.717, 1.165) is 13.0 Å². The molecule has 1 aromatic heterocycles. The van der Waals surface area contributed by atoms with E-state index in [-0.39, 0.29) is 11.9 Å². The molecule has 134 valence electrons. The predicted octanol–water partition coefficient (Wildman–Crippen LogP) is 3.46. The fourth-order valence-corrected chi connectivity index (χ4v) is 3.63. The van der Waals surface area contributed by atoms with Crippen LogP contribution in [-0.2, 0) is 6.42 Å². The summed E-state index contributed by atoms with van der Waals surface area (Å²) in [5.41, 5.74) is 3.93. The molecule has 1 aliphatic rings. The van der Waals surface area contributed by atoms with Gasteiger partial charge in [0.05, 0.1) is 6.04 Å². The summed E-state index contributed by atoms with van der Waals surface area (Å²) < 4.78 is 5.87. The summed E-state index contributed by atoms with van der Waals surface area (Å²) in [6, 6.07) is 10.1. The number of rotatable bonds is 5. The van der Waals surface area contributed by atoms with Crippen molar-refractivity contribution in [1.29, 1.82) is 0 Å². The van der Waals surface area contributed by atoms with Gasteiger partial charge in [-0.05, 0) is 72.2 Å². The number of amides is 1. The highest BCUT2D eigenvalue weighted by Crippen LogP contribution is 2.30. The van der Waals surface area contributed by atoms with Crippen molar-refractivity contribution in [3.05, 3.63) is 51.9 Å². The lowest BCUT2D eigenvalue weighted by Crippen LogP contribution is -2.34. The van der Waals surface area contributed by atoms with Gasteiger partial charge in [0.2, 0.25) is 0 Å². The molecule has 3 rings (SSSR count). The van der Waals surface area contributed by atoms with Gasteiger partial charge in [0.25, 0.3) is 5.91 Å². The van der Waals surface area contributed by atoms with Gasteiger partial charge >= 0.3 is 0 Å². The minimum atomic E-state index is -0.199. The van der Waals surface area contributed by atoms with Crippen LogP contribution in [0.5, 0.6) is 0 Å². The normalized spacial score (nSPS) is 15.2. The molecule has 2 heterocycles. The van der Waals surface area contributed by atoms with Crippen molar-refractivity contribution in [2.75, 3.05) is 39.1 Å². The third-order valence-electron chi connectivity index (χ3n) is 4.72. The molecular formula is C19H24BrN3O2. The smallest absolute Gasteiger partial charge is 0.287 e. The van der Waals surface area contributed by atoms with Crippen LogP contribution in [-0.4, -0.2) is 45.0 Å². The van der Waals surface area contributed by atoms with Crippen LogP contribution in [0.25, 0.3) is 0 Å². The zero-order valence-electron chi connectivity index (χ0n) is 14.9. The van der Waals surface area contributed by atoms with Crippen LogP contribution in [0, 0.1) is 0 Å². The number of likely N-dealkylation sites (N-methyl/N-ethyl adjacent to an activating group) is 1. The summed E-state index contributed by atoms with van der Waals surface area (Å²) in [4.78, 5) is 16.7. The first kappa shape index (κ1) is 18.0. The molecule has 1 atom stereocenters. The Labute approximate surface area is 157 Å². The Bertz CT molecular complexity index is 757. The lowest BCUT2D eigenvalue weighted by Gasteiger charge is -2.30. The van der Waals surface area contributed by atoms with E-state index in [1.54, 1.807) is 12.1 Å². The summed E-state index contributed by atoms with van der Waals surface area (Å²) in [6.45, 7) is 1.64. The summed E-state index contributed by atoms with van der Waals surface area (Å²) in [5.74, 6) is 0.117. The molecule has 0 saturated carbocycles. The number of nitrogens with zero attached hydrogens (tertiary/aromatic N) is 2. The van der Waals surface area contributed by atoms with E-state index in [2.05, 4.69) is 56.3 Å².